The van der Waals surface area contributed by atoms with Crippen LogP contribution in [0.15, 0.2) is 28.2 Å². The van der Waals surface area contributed by atoms with Crippen LogP contribution in [0.3, 0.4) is 0 Å². The average Bonchev–Trinajstić information content (AvgIpc) is 2.69. The Morgan fingerprint density at radius 2 is 2.47 bits per heavy atom. The first-order chi connectivity index (χ1) is 7.31. The molecule has 0 bridgehead atoms. The van der Waals surface area contributed by atoms with Crippen molar-refractivity contribution in [1.29, 1.82) is 0 Å². The summed E-state index contributed by atoms with van der Waals surface area (Å²) in [5, 5.41) is 3.65. The van der Waals surface area contributed by atoms with Gasteiger partial charge >= 0.3 is 0 Å². The summed E-state index contributed by atoms with van der Waals surface area (Å²) in [7, 11) is 0. The summed E-state index contributed by atoms with van der Waals surface area (Å²) in [6.07, 6.45) is 4.76. The highest BCUT2D eigenvalue weighted by Crippen LogP contribution is 2.15. The maximum atomic E-state index is 4.97. The molecule has 1 aromatic heterocycles. The van der Waals surface area contributed by atoms with Crippen molar-refractivity contribution in [2.24, 2.45) is 4.99 Å². The van der Waals surface area contributed by atoms with E-state index >= 15 is 0 Å². The van der Waals surface area contributed by atoms with Gasteiger partial charge in [-0.2, -0.15) is 9.98 Å². The summed E-state index contributed by atoms with van der Waals surface area (Å²) in [6, 6.07) is 0. The Morgan fingerprint density at radius 3 is 3.07 bits per heavy atom. The van der Waals surface area contributed by atoms with Crippen molar-refractivity contribution < 1.29 is 9.26 Å². The number of hydrogen-bond acceptors (Lipinski definition) is 5. The van der Waals surface area contributed by atoms with Gasteiger partial charge in [-0.1, -0.05) is 18.7 Å². The Bertz CT molecular complexity index is 380. The van der Waals surface area contributed by atoms with Crippen molar-refractivity contribution in [1.82, 2.24) is 10.1 Å². The predicted octanol–water partition coefficient (Wildman–Crippen LogP) is 2.36. The van der Waals surface area contributed by atoms with Crippen LogP contribution in [0, 0.1) is 0 Å². The minimum Gasteiger partial charge on any atom is -0.483 e. The first kappa shape index (κ1) is 11.2. The molecule has 5 heteroatoms. The van der Waals surface area contributed by atoms with Crippen molar-refractivity contribution >= 4 is 17.9 Å². The van der Waals surface area contributed by atoms with Crippen LogP contribution in [0.4, 0.5) is 5.95 Å². The lowest BCUT2D eigenvalue weighted by atomic mass is 10.2. The Morgan fingerprint density at radius 1 is 1.67 bits per heavy atom. The van der Waals surface area contributed by atoms with Crippen molar-refractivity contribution in [3.63, 3.8) is 0 Å². The van der Waals surface area contributed by atoms with Gasteiger partial charge in [0.05, 0.1) is 6.61 Å². The molecule has 0 saturated carbocycles. The quantitative estimate of drug-likeness (QED) is 0.422. The van der Waals surface area contributed by atoms with E-state index in [2.05, 4.69) is 21.7 Å². The number of rotatable bonds is 5. The monoisotopic (exact) mass is 207 g/mol. The van der Waals surface area contributed by atoms with Crippen LogP contribution < -0.4 is 0 Å². The molecule has 1 rings (SSSR count). The van der Waals surface area contributed by atoms with Gasteiger partial charge in [-0.05, 0) is 19.0 Å². The van der Waals surface area contributed by atoms with Gasteiger partial charge in [0.1, 0.15) is 0 Å². The summed E-state index contributed by atoms with van der Waals surface area (Å²) in [4.78, 5) is 7.87. The van der Waals surface area contributed by atoms with Crippen molar-refractivity contribution in [2.75, 3.05) is 6.61 Å². The van der Waals surface area contributed by atoms with Crippen LogP contribution in [0.25, 0.3) is 5.57 Å². The molecule has 0 aliphatic rings. The molecule has 0 fully saturated rings. The molecule has 5 nitrogen and oxygen atoms in total. The third-order valence-corrected chi connectivity index (χ3v) is 1.60. The van der Waals surface area contributed by atoms with Crippen molar-refractivity contribution in [2.45, 2.75) is 13.8 Å². The Balaban J connectivity index is 2.76. The fraction of sp³-hybridized carbons (Fsp3) is 0.300. The fourth-order valence-corrected chi connectivity index (χ4v) is 0.873. The molecule has 0 N–H and O–H groups in total. The summed E-state index contributed by atoms with van der Waals surface area (Å²) in [5.74, 6) is 0.635. The Hall–Kier alpha value is -1.91. The first-order valence-corrected chi connectivity index (χ1v) is 4.58. The lowest BCUT2D eigenvalue weighted by Crippen LogP contribution is -1.84. The molecular weight excluding hydrogens is 194 g/mol. The molecule has 1 aromatic rings. The fourth-order valence-electron chi connectivity index (χ4n) is 0.873. The first-order valence-electron chi connectivity index (χ1n) is 4.58. The number of aliphatic imine (C=N–C) groups is 1. The zero-order valence-corrected chi connectivity index (χ0v) is 8.80. The molecule has 0 unspecified atom stereocenters. The summed E-state index contributed by atoms with van der Waals surface area (Å²) >= 11 is 0. The molecule has 0 saturated heterocycles. The van der Waals surface area contributed by atoms with Crippen molar-refractivity contribution in [3.8, 4) is 0 Å². The van der Waals surface area contributed by atoms with E-state index in [4.69, 9.17) is 9.26 Å². The highest BCUT2D eigenvalue weighted by atomic mass is 16.5. The highest BCUT2D eigenvalue weighted by molar-refractivity contribution is 5.67. The molecule has 0 spiro atoms. The SMILES string of the molecule is C=CC(=CC)c1nc(N=COCC)no1. The molecule has 0 aliphatic carbocycles. The third-order valence-electron chi connectivity index (χ3n) is 1.60. The molecule has 15 heavy (non-hydrogen) atoms. The van der Waals surface area contributed by atoms with Crippen LogP contribution >= 0.6 is 0 Å². The minimum atomic E-state index is 0.236. The smallest absolute Gasteiger partial charge is 0.292 e. The van der Waals surface area contributed by atoms with Crippen molar-refractivity contribution in [3.05, 3.63) is 24.6 Å². The Labute approximate surface area is 88.2 Å². The zero-order chi connectivity index (χ0) is 11.1. The van der Waals surface area contributed by atoms with Gasteiger partial charge in [-0.15, -0.1) is 0 Å². The molecule has 0 atom stereocenters. The molecule has 0 aromatic carbocycles. The van der Waals surface area contributed by atoms with Gasteiger partial charge in [0.2, 0.25) is 0 Å². The van der Waals surface area contributed by atoms with Gasteiger partial charge in [0.15, 0.2) is 6.40 Å². The van der Waals surface area contributed by atoms with Gasteiger partial charge < -0.3 is 9.26 Å². The summed E-state index contributed by atoms with van der Waals surface area (Å²) in [5.41, 5.74) is 0.778. The molecule has 0 aliphatic heterocycles. The molecule has 0 amide bonds. The molecule has 0 radical (unpaired) electrons. The third kappa shape index (κ3) is 3.05. The minimum absolute atomic E-state index is 0.236. The summed E-state index contributed by atoms with van der Waals surface area (Å²) < 4.78 is 9.88. The van der Waals surface area contributed by atoms with E-state index in [1.54, 1.807) is 6.08 Å². The number of ether oxygens (including phenoxy) is 1. The Kier molecular flexibility index (Phi) is 4.28. The second-order valence-corrected chi connectivity index (χ2v) is 2.54. The second kappa shape index (κ2) is 5.74. The zero-order valence-electron chi connectivity index (χ0n) is 8.80. The normalized spacial score (nSPS) is 12.0. The van der Waals surface area contributed by atoms with E-state index in [0.717, 1.165) is 5.57 Å². The number of aromatic nitrogens is 2. The van der Waals surface area contributed by atoms with Crippen LogP contribution in [-0.2, 0) is 4.74 Å². The standard InChI is InChI=1S/C10H13N3O2/c1-4-8(5-2)9-12-10(13-15-9)11-7-14-6-3/h4-5,7H,1,6H2,2-3H3. The van der Waals surface area contributed by atoms with Gasteiger partial charge in [0.25, 0.3) is 11.8 Å². The largest absolute Gasteiger partial charge is 0.483 e. The summed E-state index contributed by atoms with van der Waals surface area (Å²) in [6.45, 7) is 7.92. The van der Waals surface area contributed by atoms with E-state index in [1.807, 2.05) is 19.9 Å². The van der Waals surface area contributed by atoms with Crippen LogP contribution in [0.1, 0.15) is 19.7 Å². The second-order valence-electron chi connectivity index (χ2n) is 2.54. The van der Waals surface area contributed by atoms with E-state index in [1.165, 1.54) is 6.40 Å². The average molecular weight is 207 g/mol. The van der Waals surface area contributed by atoms with E-state index in [9.17, 15) is 0 Å². The molecular formula is C10H13N3O2. The van der Waals surface area contributed by atoms with E-state index in [-0.39, 0.29) is 5.95 Å². The van der Waals surface area contributed by atoms with Gasteiger partial charge in [0, 0.05) is 5.57 Å². The van der Waals surface area contributed by atoms with Gasteiger partial charge in [-0.25, -0.2) is 0 Å². The van der Waals surface area contributed by atoms with Crippen LogP contribution in [0.2, 0.25) is 0 Å². The van der Waals surface area contributed by atoms with E-state index < -0.39 is 0 Å². The number of nitrogens with zero attached hydrogens (tertiary/aromatic N) is 3. The number of hydrogen-bond donors (Lipinski definition) is 0. The maximum Gasteiger partial charge on any atom is 0.292 e. The topological polar surface area (TPSA) is 60.5 Å². The molecule has 1 heterocycles. The predicted molar refractivity (Wildman–Crippen MR) is 57.9 cm³/mol. The van der Waals surface area contributed by atoms with E-state index in [0.29, 0.717) is 12.5 Å². The van der Waals surface area contributed by atoms with Gasteiger partial charge in [-0.3, -0.25) is 0 Å². The maximum absolute atomic E-state index is 4.97. The lowest BCUT2D eigenvalue weighted by molar-refractivity contribution is 0.343. The van der Waals surface area contributed by atoms with Crippen LogP contribution in [-0.4, -0.2) is 23.1 Å². The lowest BCUT2D eigenvalue weighted by Gasteiger charge is -1.89. The van der Waals surface area contributed by atoms with Crippen LogP contribution in [0.5, 0.6) is 0 Å². The highest BCUT2D eigenvalue weighted by Gasteiger charge is 2.06. The molecule has 80 valence electrons. The number of allylic oxidation sites excluding steroid dienone is 3.